The first-order valence-electron chi connectivity index (χ1n) is 8.64. The van der Waals surface area contributed by atoms with E-state index in [-0.39, 0.29) is 0 Å². The van der Waals surface area contributed by atoms with E-state index in [0.29, 0.717) is 23.9 Å². The van der Waals surface area contributed by atoms with Crippen LogP contribution in [0, 0.1) is 0 Å². The standard InChI is InChI=1S/C21H20ClNO3/c1-2-3-13-25-21(24)26-19-11-12-23-20(15-7-5-4-6-8-15)18-14-16(22)9-10-17(18)19/h4-11,14H,2-3,12-13H2,1H3. The summed E-state index contributed by atoms with van der Waals surface area (Å²) in [4.78, 5) is 16.6. The number of nitrogens with zero attached hydrogens (tertiary/aromatic N) is 1. The van der Waals surface area contributed by atoms with E-state index in [0.717, 1.165) is 35.2 Å². The van der Waals surface area contributed by atoms with E-state index < -0.39 is 6.16 Å². The van der Waals surface area contributed by atoms with Crippen LogP contribution in [-0.4, -0.2) is 25.0 Å². The first kappa shape index (κ1) is 18.2. The van der Waals surface area contributed by atoms with Gasteiger partial charge in [-0.15, -0.1) is 0 Å². The number of hydrogen-bond donors (Lipinski definition) is 0. The minimum atomic E-state index is -0.700. The SMILES string of the molecule is CCCCOC(=O)OC1=CCN=C(c2ccccc2)c2cc(Cl)ccc21. The maximum Gasteiger partial charge on any atom is 0.513 e. The number of rotatable bonds is 5. The molecule has 0 amide bonds. The van der Waals surface area contributed by atoms with Crippen LogP contribution in [0.2, 0.25) is 5.02 Å². The molecule has 0 saturated carbocycles. The normalized spacial score (nSPS) is 13.2. The van der Waals surface area contributed by atoms with Gasteiger partial charge in [0.05, 0.1) is 18.9 Å². The summed E-state index contributed by atoms with van der Waals surface area (Å²) in [6, 6.07) is 15.3. The van der Waals surface area contributed by atoms with Crippen molar-refractivity contribution >= 4 is 29.2 Å². The molecule has 26 heavy (non-hydrogen) atoms. The summed E-state index contributed by atoms with van der Waals surface area (Å²) in [5, 5.41) is 0.596. The number of unbranched alkanes of at least 4 members (excludes halogenated alkanes) is 1. The van der Waals surface area contributed by atoms with Crippen molar-refractivity contribution in [2.45, 2.75) is 19.8 Å². The number of aliphatic imine (C=N–C) groups is 1. The van der Waals surface area contributed by atoms with Gasteiger partial charge in [0.15, 0.2) is 0 Å². The van der Waals surface area contributed by atoms with Gasteiger partial charge in [-0.2, -0.15) is 0 Å². The van der Waals surface area contributed by atoms with Gasteiger partial charge in [0.1, 0.15) is 5.76 Å². The molecule has 1 aliphatic heterocycles. The second kappa shape index (κ2) is 8.68. The Kier molecular flexibility index (Phi) is 6.08. The number of carbonyl (C=O) groups is 1. The van der Waals surface area contributed by atoms with E-state index in [1.54, 1.807) is 12.1 Å². The van der Waals surface area contributed by atoms with E-state index in [9.17, 15) is 4.79 Å². The topological polar surface area (TPSA) is 47.9 Å². The molecule has 2 aromatic carbocycles. The highest BCUT2D eigenvalue weighted by atomic mass is 35.5. The molecule has 1 aliphatic rings. The Hall–Kier alpha value is -2.59. The van der Waals surface area contributed by atoms with Crippen LogP contribution in [0.4, 0.5) is 4.79 Å². The predicted molar refractivity (Wildman–Crippen MR) is 104 cm³/mol. The lowest BCUT2D eigenvalue weighted by Crippen LogP contribution is -2.10. The van der Waals surface area contributed by atoms with Gasteiger partial charge in [0.2, 0.25) is 0 Å². The Bertz CT molecular complexity index is 844. The zero-order valence-corrected chi connectivity index (χ0v) is 15.3. The first-order valence-corrected chi connectivity index (χ1v) is 9.01. The Labute approximate surface area is 158 Å². The maximum absolute atomic E-state index is 12.0. The molecule has 0 spiro atoms. The van der Waals surface area contributed by atoms with Crippen LogP contribution in [0.5, 0.6) is 0 Å². The fourth-order valence-electron chi connectivity index (χ4n) is 2.70. The third-order valence-corrected chi connectivity index (χ3v) is 4.22. The second-order valence-electron chi connectivity index (χ2n) is 5.87. The monoisotopic (exact) mass is 369 g/mol. The summed E-state index contributed by atoms with van der Waals surface area (Å²) in [5.74, 6) is 0.438. The van der Waals surface area contributed by atoms with Gasteiger partial charge >= 0.3 is 6.16 Å². The molecule has 0 bridgehead atoms. The van der Waals surface area contributed by atoms with Gasteiger partial charge in [-0.25, -0.2) is 4.79 Å². The molecule has 4 nitrogen and oxygen atoms in total. The van der Waals surface area contributed by atoms with Crippen LogP contribution in [0.3, 0.4) is 0 Å². The summed E-state index contributed by atoms with van der Waals surface area (Å²) < 4.78 is 10.6. The average molecular weight is 370 g/mol. The smallest absolute Gasteiger partial charge is 0.434 e. The lowest BCUT2D eigenvalue weighted by molar-refractivity contribution is 0.0892. The molecule has 0 radical (unpaired) electrons. The first-order chi connectivity index (χ1) is 12.7. The molecule has 1 heterocycles. The summed E-state index contributed by atoms with van der Waals surface area (Å²) in [7, 11) is 0. The fraction of sp³-hybridized carbons (Fsp3) is 0.238. The number of fused-ring (bicyclic) bond motifs is 1. The molecule has 0 unspecified atom stereocenters. The van der Waals surface area contributed by atoms with Gasteiger partial charge in [0.25, 0.3) is 0 Å². The summed E-state index contributed by atoms with van der Waals surface area (Å²) in [6.07, 6.45) is 2.84. The fourth-order valence-corrected chi connectivity index (χ4v) is 2.87. The van der Waals surface area contributed by atoms with Crippen LogP contribution < -0.4 is 0 Å². The minimum Gasteiger partial charge on any atom is -0.434 e. The van der Waals surface area contributed by atoms with Gasteiger partial charge in [-0.1, -0.05) is 55.3 Å². The molecule has 3 rings (SSSR count). The average Bonchev–Trinajstić information content (AvgIpc) is 2.82. The summed E-state index contributed by atoms with van der Waals surface area (Å²) in [6.45, 7) is 2.78. The predicted octanol–water partition coefficient (Wildman–Crippen LogP) is 5.49. The lowest BCUT2D eigenvalue weighted by Gasteiger charge is -2.13. The largest absolute Gasteiger partial charge is 0.513 e. The van der Waals surface area contributed by atoms with E-state index in [1.165, 1.54) is 0 Å². The van der Waals surface area contributed by atoms with Crippen molar-refractivity contribution in [1.82, 2.24) is 0 Å². The quantitative estimate of drug-likeness (QED) is 0.517. The highest BCUT2D eigenvalue weighted by Crippen LogP contribution is 2.29. The zero-order chi connectivity index (χ0) is 18.4. The lowest BCUT2D eigenvalue weighted by atomic mass is 9.97. The number of benzene rings is 2. The molecule has 0 saturated heterocycles. The van der Waals surface area contributed by atoms with Crippen LogP contribution >= 0.6 is 11.6 Å². The molecule has 0 N–H and O–H groups in total. The zero-order valence-electron chi connectivity index (χ0n) is 14.6. The molecule has 0 atom stereocenters. The third kappa shape index (κ3) is 4.33. The van der Waals surface area contributed by atoms with E-state index in [2.05, 4.69) is 4.99 Å². The van der Waals surface area contributed by atoms with Crippen LogP contribution in [-0.2, 0) is 9.47 Å². The third-order valence-electron chi connectivity index (χ3n) is 3.99. The maximum atomic E-state index is 12.0. The van der Waals surface area contributed by atoms with Crippen molar-refractivity contribution in [2.75, 3.05) is 13.2 Å². The molecule has 0 fully saturated rings. The number of hydrogen-bond acceptors (Lipinski definition) is 4. The Balaban J connectivity index is 1.91. The molecule has 5 heteroatoms. The number of carbonyl (C=O) groups excluding carboxylic acids is 1. The van der Waals surface area contributed by atoms with Gasteiger partial charge in [-0.05, 0) is 30.7 Å². The van der Waals surface area contributed by atoms with E-state index >= 15 is 0 Å². The Morgan fingerprint density at radius 1 is 1.15 bits per heavy atom. The van der Waals surface area contributed by atoms with Crippen molar-refractivity contribution in [1.29, 1.82) is 0 Å². The van der Waals surface area contributed by atoms with Crippen LogP contribution in [0.15, 0.2) is 59.6 Å². The van der Waals surface area contributed by atoms with Crippen molar-refractivity contribution < 1.29 is 14.3 Å². The molecule has 134 valence electrons. The highest BCUT2D eigenvalue weighted by Gasteiger charge is 2.20. The number of halogens is 1. The molecule has 0 aliphatic carbocycles. The van der Waals surface area contributed by atoms with Gasteiger partial charge < -0.3 is 9.47 Å². The minimum absolute atomic E-state index is 0.349. The number of ether oxygens (including phenoxy) is 2. The Morgan fingerprint density at radius 2 is 1.96 bits per heavy atom. The summed E-state index contributed by atoms with van der Waals surface area (Å²) in [5.41, 5.74) is 3.39. The van der Waals surface area contributed by atoms with Gasteiger partial charge in [0, 0.05) is 21.7 Å². The molecular formula is C21H20ClNO3. The van der Waals surface area contributed by atoms with Crippen molar-refractivity contribution in [3.05, 3.63) is 76.3 Å². The van der Waals surface area contributed by atoms with E-state index in [4.69, 9.17) is 21.1 Å². The van der Waals surface area contributed by atoms with E-state index in [1.807, 2.05) is 49.4 Å². The molecule has 2 aromatic rings. The van der Waals surface area contributed by atoms with Crippen molar-refractivity contribution in [3.63, 3.8) is 0 Å². The van der Waals surface area contributed by atoms with Gasteiger partial charge in [-0.3, -0.25) is 4.99 Å². The van der Waals surface area contributed by atoms with Crippen molar-refractivity contribution in [3.8, 4) is 0 Å². The molecule has 0 aromatic heterocycles. The van der Waals surface area contributed by atoms with Crippen LogP contribution in [0.1, 0.15) is 36.5 Å². The Morgan fingerprint density at radius 3 is 2.73 bits per heavy atom. The summed E-state index contributed by atoms with van der Waals surface area (Å²) >= 11 is 6.21. The van der Waals surface area contributed by atoms with Crippen LogP contribution in [0.25, 0.3) is 5.76 Å². The molecular weight excluding hydrogens is 350 g/mol. The van der Waals surface area contributed by atoms with Crippen molar-refractivity contribution in [2.24, 2.45) is 4.99 Å². The highest BCUT2D eigenvalue weighted by molar-refractivity contribution is 6.31. The second-order valence-corrected chi connectivity index (χ2v) is 6.30.